The lowest BCUT2D eigenvalue weighted by molar-refractivity contribution is 0.275. The first-order valence-corrected chi connectivity index (χ1v) is 4.53. The summed E-state index contributed by atoms with van der Waals surface area (Å²) in [6.45, 7) is 2.18. The van der Waals surface area contributed by atoms with Gasteiger partial charge in [-0.15, -0.1) is 0 Å². The Labute approximate surface area is 72.0 Å². The van der Waals surface area contributed by atoms with Gasteiger partial charge in [-0.3, -0.25) is 4.68 Å². The number of aromatic nitrogens is 2. The molecule has 0 amide bonds. The Bertz CT molecular complexity index is 276. The second kappa shape index (κ2) is 2.90. The highest BCUT2D eigenvalue weighted by molar-refractivity contribution is 5.11. The van der Waals surface area contributed by atoms with Crippen LogP contribution in [0, 0.1) is 0 Å². The van der Waals surface area contributed by atoms with E-state index in [1.54, 1.807) is 0 Å². The first-order valence-electron chi connectivity index (χ1n) is 4.53. The zero-order chi connectivity index (χ0) is 8.55. The second-order valence-corrected chi connectivity index (χ2v) is 3.31. The van der Waals surface area contributed by atoms with Crippen LogP contribution in [0.5, 0.6) is 0 Å². The predicted molar refractivity (Wildman–Crippen MR) is 45.8 cm³/mol. The van der Waals surface area contributed by atoms with Crippen molar-refractivity contribution in [1.82, 2.24) is 9.78 Å². The van der Waals surface area contributed by atoms with E-state index in [2.05, 4.69) is 16.7 Å². The summed E-state index contributed by atoms with van der Waals surface area (Å²) < 4.78 is 2.07. The van der Waals surface area contributed by atoms with Crippen LogP contribution in [0.25, 0.3) is 0 Å². The molecule has 1 aromatic heterocycles. The summed E-state index contributed by atoms with van der Waals surface area (Å²) in [5.74, 6) is 0. The number of hydrogen-bond acceptors (Lipinski definition) is 2. The molecule has 0 saturated heterocycles. The Morgan fingerprint density at radius 2 is 2.42 bits per heavy atom. The molecule has 0 bridgehead atoms. The summed E-state index contributed by atoms with van der Waals surface area (Å²) in [5.41, 5.74) is 2.06. The van der Waals surface area contributed by atoms with Crippen molar-refractivity contribution in [2.24, 2.45) is 0 Å². The predicted octanol–water partition coefficient (Wildman–Crippen LogP) is 1.27. The van der Waals surface area contributed by atoms with Crippen molar-refractivity contribution in [2.45, 2.75) is 38.8 Å². The minimum Gasteiger partial charge on any atom is -0.390 e. The van der Waals surface area contributed by atoms with Crippen molar-refractivity contribution in [3.63, 3.8) is 0 Å². The number of rotatable bonds is 3. The minimum atomic E-state index is 0.0622. The molecular formula is C9H14N2O. The van der Waals surface area contributed by atoms with Gasteiger partial charge in [0.1, 0.15) is 0 Å². The molecule has 66 valence electrons. The first-order chi connectivity index (χ1) is 5.85. The van der Waals surface area contributed by atoms with Crippen LogP contribution in [0.4, 0.5) is 0 Å². The van der Waals surface area contributed by atoms with E-state index in [0.717, 1.165) is 12.1 Å². The van der Waals surface area contributed by atoms with E-state index in [4.69, 9.17) is 5.11 Å². The normalized spacial score (nSPS) is 16.8. The van der Waals surface area contributed by atoms with Gasteiger partial charge in [-0.25, -0.2) is 0 Å². The fourth-order valence-electron chi connectivity index (χ4n) is 1.47. The molecule has 12 heavy (non-hydrogen) atoms. The van der Waals surface area contributed by atoms with Crippen molar-refractivity contribution in [1.29, 1.82) is 0 Å². The summed E-state index contributed by atoms with van der Waals surface area (Å²) >= 11 is 0. The Morgan fingerprint density at radius 3 is 2.92 bits per heavy atom. The van der Waals surface area contributed by atoms with Crippen LogP contribution in [0.15, 0.2) is 6.07 Å². The van der Waals surface area contributed by atoms with Crippen LogP contribution in [0.2, 0.25) is 0 Å². The highest BCUT2D eigenvalue weighted by atomic mass is 16.3. The summed E-state index contributed by atoms with van der Waals surface area (Å²) in [7, 11) is 0. The third-order valence-corrected chi connectivity index (χ3v) is 2.28. The molecule has 1 N–H and O–H groups in total. The van der Waals surface area contributed by atoms with Gasteiger partial charge in [-0.2, -0.15) is 5.10 Å². The van der Waals surface area contributed by atoms with Crippen LogP contribution in [-0.4, -0.2) is 14.9 Å². The fourth-order valence-corrected chi connectivity index (χ4v) is 1.47. The van der Waals surface area contributed by atoms with Crippen molar-refractivity contribution in [3.05, 3.63) is 17.5 Å². The number of aliphatic hydroxyl groups excluding tert-OH is 1. The molecule has 1 aliphatic carbocycles. The molecule has 0 unspecified atom stereocenters. The number of aryl methyl sites for hydroxylation is 1. The molecule has 1 fully saturated rings. The van der Waals surface area contributed by atoms with Crippen LogP contribution in [0.1, 0.15) is 37.2 Å². The van der Waals surface area contributed by atoms with Crippen molar-refractivity contribution in [3.8, 4) is 0 Å². The lowest BCUT2D eigenvalue weighted by Crippen LogP contribution is -2.01. The zero-order valence-corrected chi connectivity index (χ0v) is 7.32. The van der Waals surface area contributed by atoms with E-state index < -0.39 is 0 Å². The maximum atomic E-state index is 8.90. The van der Waals surface area contributed by atoms with Gasteiger partial charge in [0.25, 0.3) is 0 Å². The summed E-state index contributed by atoms with van der Waals surface area (Å²) in [6, 6.07) is 2.62. The molecule has 1 aromatic rings. The molecule has 0 atom stereocenters. The maximum Gasteiger partial charge on any atom is 0.0881 e. The van der Waals surface area contributed by atoms with E-state index in [-0.39, 0.29) is 6.61 Å². The smallest absolute Gasteiger partial charge is 0.0881 e. The fraction of sp³-hybridized carbons (Fsp3) is 0.667. The molecule has 0 aromatic carbocycles. The molecule has 0 spiro atoms. The molecule has 1 aliphatic rings. The van der Waals surface area contributed by atoms with Crippen LogP contribution in [0.3, 0.4) is 0 Å². The Balaban J connectivity index is 2.29. The Kier molecular flexibility index (Phi) is 1.89. The van der Waals surface area contributed by atoms with Gasteiger partial charge in [0.05, 0.1) is 18.3 Å². The molecule has 2 rings (SSSR count). The van der Waals surface area contributed by atoms with Crippen LogP contribution >= 0.6 is 0 Å². The van der Waals surface area contributed by atoms with Gasteiger partial charge in [-0.05, 0) is 25.3 Å². The van der Waals surface area contributed by atoms with Gasteiger partial charge in [0.15, 0.2) is 0 Å². The van der Waals surface area contributed by atoms with Gasteiger partial charge >= 0.3 is 0 Å². The van der Waals surface area contributed by atoms with Crippen molar-refractivity contribution >= 4 is 0 Å². The van der Waals surface area contributed by atoms with Crippen LogP contribution < -0.4 is 0 Å². The van der Waals surface area contributed by atoms with Gasteiger partial charge in [0.2, 0.25) is 0 Å². The van der Waals surface area contributed by atoms with Gasteiger partial charge in [-0.1, -0.05) is 6.92 Å². The SMILES string of the molecule is CCc1cc(CO)nn1C1CC1. The van der Waals surface area contributed by atoms with E-state index in [1.807, 2.05) is 6.07 Å². The highest BCUT2D eigenvalue weighted by Gasteiger charge is 2.26. The third-order valence-electron chi connectivity index (χ3n) is 2.28. The molecule has 3 nitrogen and oxygen atoms in total. The van der Waals surface area contributed by atoms with Crippen molar-refractivity contribution in [2.75, 3.05) is 0 Å². The first kappa shape index (κ1) is 7.80. The average Bonchev–Trinajstić information content (AvgIpc) is 2.85. The summed E-state index contributed by atoms with van der Waals surface area (Å²) in [5, 5.41) is 13.2. The largest absolute Gasteiger partial charge is 0.390 e. The maximum absolute atomic E-state index is 8.90. The van der Waals surface area contributed by atoms with Crippen LogP contribution in [-0.2, 0) is 13.0 Å². The Morgan fingerprint density at radius 1 is 1.67 bits per heavy atom. The van der Waals surface area contributed by atoms with E-state index in [9.17, 15) is 0 Å². The monoisotopic (exact) mass is 166 g/mol. The number of hydrogen-bond donors (Lipinski definition) is 1. The average molecular weight is 166 g/mol. The lowest BCUT2D eigenvalue weighted by atomic mass is 10.3. The molecular weight excluding hydrogens is 152 g/mol. The quantitative estimate of drug-likeness (QED) is 0.734. The van der Waals surface area contributed by atoms with Gasteiger partial charge < -0.3 is 5.11 Å². The number of aliphatic hydroxyl groups is 1. The van der Waals surface area contributed by atoms with Gasteiger partial charge in [0, 0.05) is 5.69 Å². The highest BCUT2D eigenvalue weighted by Crippen LogP contribution is 2.35. The minimum absolute atomic E-state index is 0.0622. The standard InChI is InChI=1S/C9H14N2O/c1-2-8-5-7(6-12)10-11(8)9-3-4-9/h5,9,12H,2-4,6H2,1H3. The Hall–Kier alpha value is -0.830. The lowest BCUT2D eigenvalue weighted by Gasteiger charge is -2.01. The molecule has 1 heterocycles. The molecule has 3 heteroatoms. The second-order valence-electron chi connectivity index (χ2n) is 3.31. The zero-order valence-electron chi connectivity index (χ0n) is 7.32. The molecule has 1 saturated carbocycles. The van der Waals surface area contributed by atoms with E-state index in [1.165, 1.54) is 18.5 Å². The number of nitrogens with zero attached hydrogens (tertiary/aromatic N) is 2. The summed E-state index contributed by atoms with van der Waals surface area (Å²) in [6.07, 6.45) is 3.50. The molecule has 0 aliphatic heterocycles. The third kappa shape index (κ3) is 1.25. The van der Waals surface area contributed by atoms with Crippen molar-refractivity contribution < 1.29 is 5.11 Å². The topological polar surface area (TPSA) is 38.1 Å². The van der Waals surface area contributed by atoms with E-state index >= 15 is 0 Å². The molecule has 0 radical (unpaired) electrons. The van der Waals surface area contributed by atoms with E-state index in [0.29, 0.717) is 6.04 Å². The summed E-state index contributed by atoms with van der Waals surface area (Å²) in [4.78, 5) is 0.